The molecule has 1 amide bonds. The summed E-state index contributed by atoms with van der Waals surface area (Å²) >= 11 is 1.57. The fourth-order valence-electron chi connectivity index (χ4n) is 2.48. The summed E-state index contributed by atoms with van der Waals surface area (Å²) in [6.45, 7) is 0.232. The molecular weight excluding hydrogens is 364 g/mol. The van der Waals surface area contributed by atoms with Crippen LogP contribution < -0.4 is 5.32 Å². The topological polar surface area (TPSA) is 94.0 Å². The number of nitrogens with zero attached hydrogens (tertiary/aromatic N) is 3. The number of hydrogen-bond acceptors (Lipinski definition) is 7. The number of hydrogen-bond donors (Lipinski definition) is 1. The summed E-state index contributed by atoms with van der Waals surface area (Å²) in [7, 11) is 0. The van der Waals surface area contributed by atoms with E-state index in [0.29, 0.717) is 29.8 Å². The predicted molar refractivity (Wildman–Crippen MR) is 99.7 cm³/mol. The monoisotopic (exact) mass is 380 g/mol. The van der Waals surface area contributed by atoms with Crippen molar-refractivity contribution >= 4 is 17.2 Å². The van der Waals surface area contributed by atoms with Gasteiger partial charge in [-0.05, 0) is 11.4 Å². The van der Waals surface area contributed by atoms with E-state index in [1.54, 1.807) is 17.5 Å². The number of carbonyl (C=O) groups is 1. The molecule has 0 unspecified atom stereocenters. The molecular formula is C19H16N4O3S. The SMILES string of the molecule is O=C(CCc1nc(-c2ccsc2)no1)NCc1ncc(-c2ccccc2)o1. The second-order valence-corrected chi connectivity index (χ2v) is 6.56. The van der Waals surface area contributed by atoms with Crippen LogP contribution in [0.4, 0.5) is 0 Å². The van der Waals surface area contributed by atoms with Gasteiger partial charge >= 0.3 is 0 Å². The van der Waals surface area contributed by atoms with Gasteiger partial charge in [0.2, 0.25) is 23.5 Å². The van der Waals surface area contributed by atoms with Crippen LogP contribution in [-0.4, -0.2) is 21.0 Å². The lowest BCUT2D eigenvalue weighted by atomic mass is 10.2. The summed E-state index contributed by atoms with van der Waals surface area (Å²) in [6, 6.07) is 11.6. The quantitative estimate of drug-likeness (QED) is 0.525. The first-order valence-corrected chi connectivity index (χ1v) is 9.34. The molecule has 1 aromatic carbocycles. The molecule has 0 bridgehead atoms. The Kier molecular flexibility index (Phi) is 5.06. The molecule has 0 aliphatic rings. The van der Waals surface area contributed by atoms with Crippen LogP contribution in [0.1, 0.15) is 18.2 Å². The number of thiophene rings is 1. The zero-order chi connectivity index (χ0) is 18.5. The highest BCUT2D eigenvalue weighted by atomic mass is 32.1. The van der Waals surface area contributed by atoms with Crippen LogP contribution in [0.5, 0.6) is 0 Å². The molecule has 8 heteroatoms. The summed E-state index contributed by atoms with van der Waals surface area (Å²) in [6.07, 6.45) is 2.28. The third-order valence-corrected chi connectivity index (χ3v) is 4.55. The molecule has 0 atom stereocenters. The number of benzene rings is 1. The minimum absolute atomic E-state index is 0.134. The van der Waals surface area contributed by atoms with E-state index in [1.807, 2.05) is 47.2 Å². The molecule has 0 saturated heterocycles. The number of oxazole rings is 1. The zero-order valence-electron chi connectivity index (χ0n) is 14.3. The van der Waals surface area contributed by atoms with Crippen LogP contribution in [0.2, 0.25) is 0 Å². The minimum atomic E-state index is -0.134. The molecule has 3 aromatic heterocycles. The van der Waals surface area contributed by atoms with Crippen molar-refractivity contribution in [3.8, 4) is 22.7 Å². The number of nitrogens with one attached hydrogen (secondary N) is 1. The van der Waals surface area contributed by atoms with E-state index in [0.717, 1.165) is 11.1 Å². The molecule has 4 rings (SSSR count). The fourth-order valence-corrected chi connectivity index (χ4v) is 3.11. The molecule has 0 radical (unpaired) electrons. The van der Waals surface area contributed by atoms with Crippen molar-refractivity contribution in [2.24, 2.45) is 0 Å². The van der Waals surface area contributed by atoms with Gasteiger partial charge in [0.15, 0.2) is 5.76 Å². The largest absolute Gasteiger partial charge is 0.439 e. The number of rotatable bonds is 7. The van der Waals surface area contributed by atoms with Crippen molar-refractivity contribution in [2.45, 2.75) is 19.4 Å². The Morgan fingerprint density at radius 1 is 1.11 bits per heavy atom. The molecule has 0 aliphatic heterocycles. The molecule has 0 fully saturated rings. The van der Waals surface area contributed by atoms with Crippen molar-refractivity contribution in [3.63, 3.8) is 0 Å². The highest BCUT2D eigenvalue weighted by Crippen LogP contribution is 2.20. The van der Waals surface area contributed by atoms with E-state index < -0.39 is 0 Å². The van der Waals surface area contributed by atoms with Gasteiger partial charge in [-0.1, -0.05) is 35.5 Å². The van der Waals surface area contributed by atoms with Crippen LogP contribution in [0, 0.1) is 0 Å². The summed E-state index contributed by atoms with van der Waals surface area (Å²) in [5, 5.41) is 10.6. The maximum Gasteiger partial charge on any atom is 0.227 e. The Morgan fingerprint density at radius 2 is 2.00 bits per heavy atom. The first-order valence-electron chi connectivity index (χ1n) is 8.40. The van der Waals surface area contributed by atoms with Gasteiger partial charge in [0.05, 0.1) is 12.7 Å². The Labute approximate surface area is 159 Å². The van der Waals surface area contributed by atoms with Crippen LogP contribution in [0.15, 0.2) is 62.3 Å². The van der Waals surface area contributed by atoms with E-state index in [4.69, 9.17) is 8.94 Å². The van der Waals surface area contributed by atoms with E-state index in [-0.39, 0.29) is 18.9 Å². The van der Waals surface area contributed by atoms with Crippen LogP contribution in [-0.2, 0) is 17.8 Å². The zero-order valence-corrected chi connectivity index (χ0v) is 15.1. The van der Waals surface area contributed by atoms with Crippen LogP contribution >= 0.6 is 11.3 Å². The van der Waals surface area contributed by atoms with Gasteiger partial charge in [-0.25, -0.2) is 4.98 Å². The van der Waals surface area contributed by atoms with Crippen molar-refractivity contribution in [3.05, 3.63) is 65.1 Å². The highest BCUT2D eigenvalue weighted by Gasteiger charge is 2.12. The first-order chi connectivity index (χ1) is 13.3. The Bertz CT molecular complexity index is 1010. The van der Waals surface area contributed by atoms with Crippen LogP contribution in [0.25, 0.3) is 22.7 Å². The number of aromatic nitrogens is 3. The Hall–Kier alpha value is -3.26. The van der Waals surface area contributed by atoms with Crippen molar-refractivity contribution < 1.29 is 13.7 Å². The third-order valence-electron chi connectivity index (χ3n) is 3.86. The maximum absolute atomic E-state index is 12.0. The van der Waals surface area contributed by atoms with E-state index >= 15 is 0 Å². The van der Waals surface area contributed by atoms with E-state index in [1.165, 1.54) is 0 Å². The smallest absolute Gasteiger partial charge is 0.227 e. The molecule has 4 aromatic rings. The standard InChI is InChI=1S/C19H16N4O3S/c24-16(6-7-17-22-19(23-26-17)14-8-9-27-12-14)20-11-18-21-10-15(25-18)13-4-2-1-3-5-13/h1-5,8-10,12H,6-7,11H2,(H,20,24). The number of amides is 1. The lowest BCUT2D eigenvalue weighted by molar-refractivity contribution is -0.121. The average Bonchev–Trinajstić information content (AvgIpc) is 3.47. The average molecular weight is 380 g/mol. The van der Waals surface area contributed by atoms with Gasteiger partial charge in [-0.3, -0.25) is 4.79 Å². The molecule has 7 nitrogen and oxygen atoms in total. The van der Waals surface area contributed by atoms with Gasteiger partial charge < -0.3 is 14.3 Å². The molecule has 3 heterocycles. The minimum Gasteiger partial charge on any atom is -0.439 e. The van der Waals surface area contributed by atoms with Gasteiger partial charge in [-0.15, -0.1) is 0 Å². The molecule has 136 valence electrons. The lowest BCUT2D eigenvalue weighted by Gasteiger charge is -2.01. The third kappa shape index (κ3) is 4.29. The molecule has 27 heavy (non-hydrogen) atoms. The highest BCUT2D eigenvalue weighted by molar-refractivity contribution is 7.08. The second kappa shape index (κ2) is 7.96. The second-order valence-electron chi connectivity index (χ2n) is 5.78. The Morgan fingerprint density at radius 3 is 2.81 bits per heavy atom. The summed E-state index contributed by atoms with van der Waals surface area (Å²) in [5.74, 6) is 1.98. The van der Waals surface area contributed by atoms with Crippen molar-refractivity contribution in [1.82, 2.24) is 20.4 Å². The lowest BCUT2D eigenvalue weighted by Crippen LogP contribution is -2.23. The summed E-state index contributed by atoms with van der Waals surface area (Å²) in [4.78, 5) is 20.5. The van der Waals surface area contributed by atoms with Crippen molar-refractivity contribution in [2.75, 3.05) is 0 Å². The van der Waals surface area contributed by atoms with Crippen LogP contribution in [0.3, 0.4) is 0 Å². The van der Waals surface area contributed by atoms with Crippen molar-refractivity contribution in [1.29, 1.82) is 0 Å². The normalized spacial score (nSPS) is 10.8. The fraction of sp³-hybridized carbons (Fsp3) is 0.158. The maximum atomic E-state index is 12.0. The van der Waals surface area contributed by atoms with Gasteiger partial charge in [0.25, 0.3) is 0 Å². The Balaban J connectivity index is 1.26. The molecule has 0 aliphatic carbocycles. The molecule has 0 saturated carbocycles. The number of aryl methyl sites for hydroxylation is 1. The van der Waals surface area contributed by atoms with Gasteiger partial charge in [0, 0.05) is 29.3 Å². The van der Waals surface area contributed by atoms with E-state index in [2.05, 4.69) is 20.4 Å². The summed E-state index contributed by atoms with van der Waals surface area (Å²) in [5.41, 5.74) is 1.86. The predicted octanol–water partition coefficient (Wildman–Crippen LogP) is 3.70. The van der Waals surface area contributed by atoms with E-state index in [9.17, 15) is 4.79 Å². The number of carbonyl (C=O) groups excluding carboxylic acids is 1. The summed E-state index contributed by atoms with van der Waals surface area (Å²) < 4.78 is 10.8. The molecule has 0 spiro atoms. The first kappa shape index (κ1) is 17.2. The van der Waals surface area contributed by atoms with Gasteiger partial charge in [-0.2, -0.15) is 16.3 Å². The molecule has 1 N–H and O–H groups in total. The van der Waals surface area contributed by atoms with Gasteiger partial charge in [0.1, 0.15) is 0 Å².